The summed E-state index contributed by atoms with van der Waals surface area (Å²) >= 11 is 0. The molecule has 1 aromatic heterocycles. The summed E-state index contributed by atoms with van der Waals surface area (Å²) in [5.41, 5.74) is 6.91. The lowest BCUT2D eigenvalue weighted by molar-refractivity contribution is 0.662. The van der Waals surface area contributed by atoms with Crippen LogP contribution in [0.25, 0.3) is 65.4 Å². The van der Waals surface area contributed by atoms with E-state index in [4.69, 9.17) is 14.4 Å². The summed E-state index contributed by atoms with van der Waals surface area (Å²) in [6.45, 7) is 0. The summed E-state index contributed by atoms with van der Waals surface area (Å²) in [6.07, 6.45) is -0.427. The first-order valence-electron chi connectivity index (χ1n) is 16.6. The molecule has 0 saturated carbocycles. The molecular formula is C45H29N3O. The van der Waals surface area contributed by atoms with E-state index in [0.717, 1.165) is 66.4 Å². The average molecular weight is 628 g/mol. The first-order valence-corrected chi connectivity index (χ1v) is 16.6. The van der Waals surface area contributed by atoms with Gasteiger partial charge in [-0.1, -0.05) is 127 Å². The maximum absolute atomic E-state index is 6.55. The Labute approximate surface area is 282 Å². The molecule has 1 aliphatic rings. The van der Waals surface area contributed by atoms with Gasteiger partial charge in [0, 0.05) is 27.5 Å². The Balaban J connectivity index is 1.20. The number of nitrogens with zero attached hydrogens (tertiary/aromatic N) is 2. The van der Waals surface area contributed by atoms with E-state index in [-0.39, 0.29) is 0 Å². The van der Waals surface area contributed by atoms with Crippen LogP contribution in [0.1, 0.15) is 22.9 Å². The fourth-order valence-corrected chi connectivity index (χ4v) is 7.19. The predicted molar refractivity (Wildman–Crippen MR) is 204 cm³/mol. The van der Waals surface area contributed by atoms with Crippen LogP contribution in [0.4, 0.5) is 0 Å². The van der Waals surface area contributed by atoms with Gasteiger partial charge in [0.2, 0.25) is 0 Å². The number of benzene rings is 8. The summed E-state index contributed by atoms with van der Waals surface area (Å²) < 4.78 is 6.55. The topological polar surface area (TPSA) is 49.9 Å². The van der Waals surface area contributed by atoms with Crippen molar-refractivity contribution >= 4 is 65.9 Å². The lowest BCUT2D eigenvalue weighted by Gasteiger charge is -2.25. The van der Waals surface area contributed by atoms with Crippen LogP contribution < -0.4 is 5.32 Å². The first kappa shape index (κ1) is 27.6. The Morgan fingerprint density at radius 3 is 1.69 bits per heavy atom. The predicted octanol–water partition coefficient (Wildman–Crippen LogP) is 11.2. The van der Waals surface area contributed by atoms with Crippen molar-refractivity contribution in [2.45, 2.75) is 6.17 Å². The molecule has 0 bridgehead atoms. The molecule has 1 N–H and O–H groups in total. The van der Waals surface area contributed by atoms with Crippen molar-refractivity contribution in [2.75, 3.05) is 0 Å². The van der Waals surface area contributed by atoms with Gasteiger partial charge in [0.15, 0.2) is 5.84 Å². The maximum Gasteiger partial charge on any atom is 0.159 e. The van der Waals surface area contributed by atoms with Gasteiger partial charge in [0.05, 0.1) is 0 Å². The molecule has 9 aromatic rings. The summed E-state index contributed by atoms with van der Waals surface area (Å²) in [4.78, 5) is 10.6. The third-order valence-electron chi connectivity index (χ3n) is 9.66. The number of nitrogens with one attached hydrogen (secondary N) is 1. The molecule has 0 saturated heterocycles. The number of aliphatic imine (C=N–C) groups is 2. The molecule has 8 aromatic carbocycles. The zero-order valence-corrected chi connectivity index (χ0v) is 26.5. The van der Waals surface area contributed by atoms with Crippen molar-refractivity contribution in [1.29, 1.82) is 0 Å². The van der Waals surface area contributed by atoms with E-state index in [1.54, 1.807) is 0 Å². The van der Waals surface area contributed by atoms with E-state index in [1.807, 2.05) is 12.1 Å². The highest BCUT2D eigenvalue weighted by Crippen LogP contribution is 2.39. The molecule has 1 atom stereocenters. The van der Waals surface area contributed by atoms with E-state index in [2.05, 4.69) is 157 Å². The van der Waals surface area contributed by atoms with Crippen molar-refractivity contribution in [3.05, 3.63) is 180 Å². The van der Waals surface area contributed by atoms with Gasteiger partial charge < -0.3 is 9.73 Å². The normalized spacial score (nSPS) is 14.7. The van der Waals surface area contributed by atoms with Crippen LogP contribution in [-0.4, -0.2) is 11.7 Å². The van der Waals surface area contributed by atoms with E-state index in [0.29, 0.717) is 5.84 Å². The Morgan fingerprint density at radius 1 is 0.449 bits per heavy atom. The van der Waals surface area contributed by atoms with Crippen molar-refractivity contribution in [3.63, 3.8) is 0 Å². The molecule has 0 amide bonds. The molecule has 1 unspecified atom stereocenters. The lowest BCUT2D eigenvalue weighted by atomic mass is 9.95. The van der Waals surface area contributed by atoms with Crippen LogP contribution in [0.2, 0.25) is 0 Å². The van der Waals surface area contributed by atoms with Crippen molar-refractivity contribution in [2.24, 2.45) is 9.98 Å². The average Bonchev–Trinajstić information content (AvgIpc) is 3.55. The SMILES string of the molecule is c1ccc2cc(C3=NC(c4cc(-c5ccc6ccccc6c5)cc5oc6ccccc6c45)NC(c4ccc5ccccc5c4)=N3)ccc2c1. The summed E-state index contributed by atoms with van der Waals surface area (Å²) in [5, 5.41) is 13.0. The number of amidine groups is 2. The highest BCUT2D eigenvalue weighted by molar-refractivity contribution is 6.15. The molecule has 1 aliphatic heterocycles. The number of hydrogen-bond acceptors (Lipinski definition) is 4. The van der Waals surface area contributed by atoms with Crippen LogP contribution in [0.15, 0.2) is 178 Å². The monoisotopic (exact) mass is 627 g/mol. The minimum absolute atomic E-state index is 0.427. The molecule has 49 heavy (non-hydrogen) atoms. The Hall–Kier alpha value is -6.52. The minimum atomic E-state index is -0.427. The molecule has 230 valence electrons. The molecule has 0 spiro atoms. The van der Waals surface area contributed by atoms with Gasteiger partial charge >= 0.3 is 0 Å². The summed E-state index contributed by atoms with van der Waals surface area (Å²) in [7, 11) is 0. The Kier molecular flexibility index (Phi) is 6.21. The van der Waals surface area contributed by atoms with Gasteiger partial charge in [-0.15, -0.1) is 0 Å². The van der Waals surface area contributed by atoms with Gasteiger partial charge in [-0.05, 0) is 79.8 Å². The first-order chi connectivity index (χ1) is 24.2. The fourth-order valence-electron chi connectivity index (χ4n) is 7.19. The molecule has 0 aliphatic carbocycles. The smallest absolute Gasteiger partial charge is 0.159 e. The largest absolute Gasteiger partial charge is 0.456 e. The third-order valence-corrected chi connectivity index (χ3v) is 9.66. The molecule has 0 fully saturated rings. The second-order valence-corrected chi connectivity index (χ2v) is 12.7. The Morgan fingerprint density at radius 2 is 1.00 bits per heavy atom. The van der Waals surface area contributed by atoms with Crippen LogP contribution >= 0.6 is 0 Å². The highest BCUT2D eigenvalue weighted by Gasteiger charge is 2.26. The minimum Gasteiger partial charge on any atom is -0.456 e. The zero-order chi connectivity index (χ0) is 32.3. The summed E-state index contributed by atoms with van der Waals surface area (Å²) in [6, 6.07) is 57.6. The lowest BCUT2D eigenvalue weighted by Crippen LogP contribution is -2.33. The molecule has 10 rings (SSSR count). The second kappa shape index (κ2) is 11.0. The van der Waals surface area contributed by atoms with Crippen LogP contribution in [0.5, 0.6) is 0 Å². The van der Waals surface area contributed by atoms with Crippen LogP contribution in [0, 0.1) is 0 Å². The van der Waals surface area contributed by atoms with Crippen LogP contribution in [0.3, 0.4) is 0 Å². The molecule has 0 radical (unpaired) electrons. The van der Waals surface area contributed by atoms with Gasteiger partial charge in [-0.2, -0.15) is 0 Å². The molecular weight excluding hydrogens is 599 g/mol. The van der Waals surface area contributed by atoms with Crippen molar-refractivity contribution in [3.8, 4) is 11.1 Å². The van der Waals surface area contributed by atoms with Gasteiger partial charge in [0.1, 0.15) is 23.2 Å². The van der Waals surface area contributed by atoms with E-state index in [9.17, 15) is 0 Å². The van der Waals surface area contributed by atoms with Crippen molar-refractivity contribution < 1.29 is 4.42 Å². The number of furan rings is 1. The van der Waals surface area contributed by atoms with Gasteiger partial charge in [0.25, 0.3) is 0 Å². The third kappa shape index (κ3) is 4.77. The summed E-state index contributed by atoms with van der Waals surface area (Å²) in [5.74, 6) is 1.47. The number of para-hydroxylation sites is 1. The van der Waals surface area contributed by atoms with Gasteiger partial charge in [-0.25, -0.2) is 9.98 Å². The van der Waals surface area contributed by atoms with Gasteiger partial charge in [-0.3, -0.25) is 0 Å². The van der Waals surface area contributed by atoms with E-state index in [1.165, 1.54) is 21.5 Å². The number of fused-ring (bicyclic) bond motifs is 6. The molecule has 2 heterocycles. The Bertz CT molecular complexity index is 2820. The van der Waals surface area contributed by atoms with Crippen LogP contribution in [-0.2, 0) is 0 Å². The molecule has 4 heteroatoms. The van der Waals surface area contributed by atoms with E-state index < -0.39 is 6.17 Å². The van der Waals surface area contributed by atoms with Crippen molar-refractivity contribution in [1.82, 2.24) is 5.32 Å². The molecule has 4 nitrogen and oxygen atoms in total. The second-order valence-electron chi connectivity index (χ2n) is 12.7. The standard InChI is InChI=1S/C45H29N3O/c1-4-12-31-23-34(20-17-28(31)9-1)37-26-39(42-38-15-7-8-16-40(38)49-41(42)27-37)45-47-43(35-21-18-29-10-2-5-13-32(29)24-35)46-44(48-45)36-22-19-30-11-3-6-14-33(30)25-36/h1-27,45H,(H,46,47,48). The fraction of sp³-hybridized carbons (Fsp3) is 0.0222. The highest BCUT2D eigenvalue weighted by atomic mass is 16.3. The zero-order valence-electron chi connectivity index (χ0n) is 26.5. The number of rotatable bonds is 4. The number of hydrogen-bond donors (Lipinski definition) is 1. The quantitative estimate of drug-likeness (QED) is 0.211. The van der Waals surface area contributed by atoms with E-state index >= 15 is 0 Å². The maximum atomic E-state index is 6.55.